The van der Waals surface area contributed by atoms with Gasteiger partial charge in [-0.2, -0.15) is 0 Å². The first-order valence-corrected chi connectivity index (χ1v) is 7.04. The summed E-state index contributed by atoms with van der Waals surface area (Å²) in [6, 6.07) is 7.44. The highest BCUT2D eigenvalue weighted by Crippen LogP contribution is 2.38. The van der Waals surface area contributed by atoms with Gasteiger partial charge in [-0.05, 0) is 43.5 Å². The summed E-state index contributed by atoms with van der Waals surface area (Å²) in [7, 11) is 1.75. The van der Waals surface area contributed by atoms with Crippen LogP contribution in [0.1, 0.15) is 38.2 Å². The molecule has 1 aromatic rings. The average Bonchev–Trinajstić information content (AvgIpc) is 2.70. The molecule has 1 fully saturated rings. The van der Waals surface area contributed by atoms with Gasteiger partial charge in [-0.25, -0.2) is 0 Å². The van der Waals surface area contributed by atoms with Crippen molar-refractivity contribution in [2.45, 2.75) is 44.7 Å². The molecule has 2 rings (SSSR count). The molecular formula is C14H20BrNO. The Labute approximate surface area is 112 Å². The minimum absolute atomic E-state index is 0.558. The van der Waals surface area contributed by atoms with Gasteiger partial charge in [-0.15, -0.1) is 0 Å². The molecule has 1 aromatic carbocycles. The molecule has 0 amide bonds. The van der Waals surface area contributed by atoms with Crippen molar-refractivity contribution in [2.24, 2.45) is 0 Å². The zero-order chi connectivity index (χ0) is 12.4. The minimum atomic E-state index is 0.558. The highest BCUT2D eigenvalue weighted by molar-refractivity contribution is 9.10. The zero-order valence-electron chi connectivity index (χ0n) is 10.7. The van der Waals surface area contributed by atoms with E-state index in [1.165, 1.54) is 12.0 Å². The maximum atomic E-state index is 5.49. The lowest BCUT2D eigenvalue weighted by Crippen LogP contribution is -2.28. The van der Waals surface area contributed by atoms with E-state index in [4.69, 9.17) is 4.74 Å². The molecule has 0 spiro atoms. The van der Waals surface area contributed by atoms with E-state index in [-0.39, 0.29) is 0 Å². The van der Waals surface area contributed by atoms with Crippen molar-refractivity contribution in [2.75, 3.05) is 7.11 Å². The van der Waals surface area contributed by atoms with Gasteiger partial charge >= 0.3 is 0 Å². The highest BCUT2D eigenvalue weighted by atomic mass is 79.9. The molecule has 94 valence electrons. The topological polar surface area (TPSA) is 21.3 Å². The van der Waals surface area contributed by atoms with Crippen molar-refractivity contribution < 1.29 is 4.74 Å². The van der Waals surface area contributed by atoms with Gasteiger partial charge in [0.15, 0.2) is 0 Å². The van der Waals surface area contributed by atoms with Crippen LogP contribution >= 0.6 is 15.9 Å². The quantitative estimate of drug-likeness (QED) is 0.918. The van der Waals surface area contributed by atoms with Crippen LogP contribution in [-0.2, 0) is 0 Å². The molecular weight excluding hydrogens is 278 g/mol. The monoisotopic (exact) mass is 297 g/mol. The van der Waals surface area contributed by atoms with Gasteiger partial charge in [0.25, 0.3) is 0 Å². The fraction of sp³-hybridized carbons (Fsp3) is 0.571. The summed E-state index contributed by atoms with van der Waals surface area (Å²) in [6.07, 6.45) is 2.34. The third-order valence-electron chi connectivity index (χ3n) is 3.62. The summed E-state index contributed by atoms with van der Waals surface area (Å²) < 4.78 is 6.62. The lowest BCUT2D eigenvalue weighted by atomic mass is 9.89. The number of hydrogen-bond acceptors (Lipinski definition) is 2. The van der Waals surface area contributed by atoms with Crippen LogP contribution in [0.3, 0.4) is 0 Å². The molecule has 3 heteroatoms. The Hall–Kier alpha value is -0.540. The third-order valence-corrected chi connectivity index (χ3v) is 4.12. The van der Waals surface area contributed by atoms with Crippen LogP contribution in [0, 0.1) is 0 Å². The van der Waals surface area contributed by atoms with Crippen molar-refractivity contribution in [3.8, 4) is 5.75 Å². The van der Waals surface area contributed by atoms with Crippen LogP contribution in [0.5, 0.6) is 5.75 Å². The van der Waals surface area contributed by atoms with Gasteiger partial charge in [-0.3, -0.25) is 0 Å². The largest absolute Gasteiger partial charge is 0.496 e. The van der Waals surface area contributed by atoms with Crippen LogP contribution < -0.4 is 10.1 Å². The van der Waals surface area contributed by atoms with Crippen LogP contribution in [0.4, 0.5) is 0 Å². The number of hydrogen-bond donors (Lipinski definition) is 1. The Morgan fingerprint density at radius 2 is 2.24 bits per heavy atom. The molecule has 0 radical (unpaired) electrons. The summed E-state index contributed by atoms with van der Waals surface area (Å²) in [5, 5.41) is 3.65. The van der Waals surface area contributed by atoms with Crippen molar-refractivity contribution in [1.29, 1.82) is 0 Å². The SMILES string of the molecule is CCC1NC(C)CC1c1cc(Br)ccc1OC. The van der Waals surface area contributed by atoms with E-state index in [1.807, 2.05) is 6.07 Å². The Morgan fingerprint density at radius 3 is 2.88 bits per heavy atom. The van der Waals surface area contributed by atoms with Gasteiger partial charge in [0.1, 0.15) is 5.75 Å². The number of halogens is 1. The van der Waals surface area contributed by atoms with Gasteiger partial charge in [-0.1, -0.05) is 22.9 Å². The normalized spacial score (nSPS) is 28.4. The first-order valence-electron chi connectivity index (χ1n) is 6.25. The minimum Gasteiger partial charge on any atom is -0.496 e. The van der Waals surface area contributed by atoms with Crippen LogP contribution in [0.15, 0.2) is 22.7 Å². The Morgan fingerprint density at radius 1 is 1.47 bits per heavy atom. The maximum absolute atomic E-state index is 5.49. The Bertz CT molecular complexity index is 394. The van der Waals surface area contributed by atoms with E-state index < -0.39 is 0 Å². The second kappa shape index (κ2) is 5.40. The van der Waals surface area contributed by atoms with Gasteiger partial charge < -0.3 is 10.1 Å². The summed E-state index contributed by atoms with van der Waals surface area (Å²) in [6.45, 7) is 4.50. The van der Waals surface area contributed by atoms with Crippen LogP contribution in [0.25, 0.3) is 0 Å². The first kappa shape index (κ1) is 12.9. The highest BCUT2D eigenvalue weighted by Gasteiger charge is 2.32. The number of methoxy groups -OCH3 is 1. The van der Waals surface area contributed by atoms with Crippen LogP contribution in [0.2, 0.25) is 0 Å². The molecule has 3 atom stereocenters. The molecule has 1 saturated heterocycles. The van der Waals surface area contributed by atoms with E-state index in [0.29, 0.717) is 18.0 Å². The number of benzene rings is 1. The van der Waals surface area contributed by atoms with E-state index in [9.17, 15) is 0 Å². The second-order valence-electron chi connectivity index (χ2n) is 4.81. The molecule has 1 heterocycles. The van der Waals surface area contributed by atoms with E-state index in [0.717, 1.165) is 16.6 Å². The van der Waals surface area contributed by atoms with Crippen molar-refractivity contribution >= 4 is 15.9 Å². The molecule has 1 aliphatic heterocycles. The second-order valence-corrected chi connectivity index (χ2v) is 5.73. The Balaban J connectivity index is 2.35. The average molecular weight is 298 g/mol. The predicted octanol–water partition coefficient (Wildman–Crippen LogP) is 3.70. The van der Waals surface area contributed by atoms with E-state index in [2.05, 4.69) is 47.2 Å². The zero-order valence-corrected chi connectivity index (χ0v) is 12.3. The maximum Gasteiger partial charge on any atom is 0.122 e. The van der Waals surface area contributed by atoms with Gasteiger partial charge in [0.2, 0.25) is 0 Å². The lowest BCUT2D eigenvalue weighted by molar-refractivity contribution is 0.400. The molecule has 0 saturated carbocycles. The van der Waals surface area contributed by atoms with Crippen molar-refractivity contribution in [3.05, 3.63) is 28.2 Å². The molecule has 17 heavy (non-hydrogen) atoms. The summed E-state index contributed by atoms with van der Waals surface area (Å²) in [5.41, 5.74) is 1.32. The summed E-state index contributed by atoms with van der Waals surface area (Å²) in [4.78, 5) is 0. The number of rotatable bonds is 3. The number of ether oxygens (including phenoxy) is 1. The lowest BCUT2D eigenvalue weighted by Gasteiger charge is -2.20. The van der Waals surface area contributed by atoms with Crippen molar-refractivity contribution in [3.63, 3.8) is 0 Å². The van der Waals surface area contributed by atoms with Gasteiger partial charge in [0.05, 0.1) is 7.11 Å². The molecule has 0 aromatic heterocycles. The smallest absolute Gasteiger partial charge is 0.122 e. The Kier molecular flexibility index (Phi) is 4.10. The fourth-order valence-electron chi connectivity index (χ4n) is 2.84. The third kappa shape index (κ3) is 2.66. The molecule has 0 aliphatic carbocycles. The molecule has 1 aliphatic rings. The van der Waals surface area contributed by atoms with E-state index in [1.54, 1.807) is 7.11 Å². The summed E-state index contributed by atoms with van der Waals surface area (Å²) in [5.74, 6) is 1.56. The van der Waals surface area contributed by atoms with E-state index >= 15 is 0 Å². The molecule has 2 nitrogen and oxygen atoms in total. The predicted molar refractivity (Wildman–Crippen MR) is 74.7 cm³/mol. The first-order chi connectivity index (χ1) is 8.15. The summed E-state index contributed by atoms with van der Waals surface area (Å²) >= 11 is 3.55. The fourth-order valence-corrected chi connectivity index (χ4v) is 3.21. The standard InChI is InChI=1S/C14H20BrNO/c1-4-13-11(7-9(2)16-13)12-8-10(15)5-6-14(12)17-3/h5-6,8-9,11,13,16H,4,7H2,1-3H3. The molecule has 3 unspecified atom stereocenters. The molecule has 0 bridgehead atoms. The molecule has 1 N–H and O–H groups in total. The number of nitrogens with one attached hydrogen (secondary N) is 1. The van der Waals surface area contributed by atoms with Gasteiger partial charge in [0, 0.05) is 22.5 Å². The van der Waals surface area contributed by atoms with Crippen molar-refractivity contribution in [1.82, 2.24) is 5.32 Å². The van der Waals surface area contributed by atoms with Crippen LogP contribution in [-0.4, -0.2) is 19.2 Å².